The number of fused-ring (bicyclic) bond motifs is 2. The molecule has 76 heavy (non-hydrogen) atoms. The van der Waals surface area contributed by atoms with E-state index in [1.165, 1.54) is 0 Å². The third-order valence-electron chi connectivity index (χ3n) is 12.3. The third-order valence-corrected chi connectivity index (χ3v) is 12.3. The molecule has 0 N–H and O–H groups in total. The Labute approximate surface area is 411 Å². The standard InChI is InChI=1S/C28H20NO2.C24BF20/c30-26(20-8-2-1-3-9-20)19-29-16-14-21(15-17-29)28(31)27-24-12-6-4-10-22(24)18-23-11-5-7-13-25(23)27;26-5-1(6(27)14(35)21(42)13(5)34)25(2-7(28)15(36)22(43)16(37)8(2)29,3-9(30)17(38)23(44)18(39)10(3)31)4-11(32)19(40)24(45)20(41)12(4)33/h1-18H,19H2;/q+1;-1. The first kappa shape index (κ1) is 53.7. The van der Waals surface area contributed by atoms with E-state index in [0.29, 0.717) is 16.7 Å². The summed E-state index contributed by atoms with van der Waals surface area (Å²) in [5.74, 6) is -71.4. The van der Waals surface area contributed by atoms with Gasteiger partial charge in [0.15, 0.2) is 88.0 Å². The van der Waals surface area contributed by atoms with Crippen molar-refractivity contribution in [2.45, 2.75) is 6.54 Å². The molecule has 9 aromatic rings. The average Bonchev–Trinajstić information content (AvgIpc) is 3.42. The van der Waals surface area contributed by atoms with Gasteiger partial charge in [-0.05, 0) is 27.6 Å². The van der Waals surface area contributed by atoms with E-state index >= 15 is 35.1 Å². The number of ketones is 2. The van der Waals surface area contributed by atoms with Crippen molar-refractivity contribution in [3.8, 4) is 0 Å². The molecule has 0 bridgehead atoms. The molecule has 0 saturated heterocycles. The fraction of sp³-hybridized carbons (Fsp3) is 0.0192. The van der Waals surface area contributed by atoms with Crippen LogP contribution >= 0.6 is 0 Å². The van der Waals surface area contributed by atoms with Gasteiger partial charge in [-0.25, -0.2) is 87.8 Å². The van der Waals surface area contributed by atoms with Crippen molar-refractivity contribution >= 4 is 61.1 Å². The van der Waals surface area contributed by atoms with Crippen LogP contribution in [0.4, 0.5) is 87.8 Å². The Morgan fingerprint density at radius 3 is 0.921 bits per heavy atom. The monoisotopic (exact) mass is 1080 g/mol. The van der Waals surface area contributed by atoms with Crippen LogP contribution in [0.2, 0.25) is 0 Å². The van der Waals surface area contributed by atoms with E-state index in [0.717, 1.165) is 21.5 Å². The van der Waals surface area contributed by atoms with Crippen LogP contribution in [0.25, 0.3) is 21.5 Å². The molecule has 0 atom stereocenters. The number of hydrogen-bond acceptors (Lipinski definition) is 2. The summed E-state index contributed by atoms with van der Waals surface area (Å²) in [4.78, 5) is 26.0. The van der Waals surface area contributed by atoms with Crippen molar-refractivity contribution in [1.82, 2.24) is 0 Å². The maximum atomic E-state index is 15.4. The molecule has 8 aromatic carbocycles. The maximum Gasteiger partial charge on any atom is 0.227 e. The quantitative estimate of drug-likeness (QED) is 0.0275. The number of Topliss-reactive ketones (excluding diaryl/α,β-unsaturated/α-hetero) is 1. The first-order chi connectivity index (χ1) is 35.9. The van der Waals surface area contributed by atoms with Gasteiger partial charge in [-0.1, -0.05) is 78.9 Å². The van der Waals surface area contributed by atoms with Gasteiger partial charge < -0.3 is 0 Å². The Bertz CT molecular complexity index is 3460. The van der Waals surface area contributed by atoms with E-state index in [9.17, 15) is 62.3 Å². The summed E-state index contributed by atoms with van der Waals surface area (Å²) in [5, 5.41) is 3.98. The number of aromatic nitrogens is 1. The first-order valence-corrected chi connectivity index (χ1v) is 21.2. The molecular formula is C52H20BF20NO2. The van der Waals surface area contributed by atoms with E-state index in [-0.39, 0.29) is 18.1 Å². The number of halogens is 20. The summed E-state index contributed by atoms with van der Waals surface area (Å²) in [7, 11) is 0. The van der Waals surface area contributed by atoms with Crippen LogP contribution in [0.3, 0.4) is 0 Å². The van der Waals surface area contributed by atoms with Gasteiger partial charge in [0.05, 0.1) is 0 Å². The molecule has 0 aliphatic carbocycles. The van der Waals surface area contributed by atoms with Crippen LogP contribution in [0.15, 0.2) is 109 Å². The predicted octanol–water partition coefficient (Wildman–Crippen LogP) is 11.2. The van der Waals surface area contributed by atoms with Gasteiger partial charge in [0.25, 0.3) is 0 Å². The fourth-order valence-electron chi connectivity index (χ4n) is 8.87. The molecule has 0 radical (unpaired) electrons. The van der Waals surface area contributed by atoms with Crippen molar-refractivity contribution in [3.05, 3.63) is 242 Å². The van der Waals surface area contributed by atoms with Gasteiger partial charge >= 0.3 is 0 Å². The number of nitrogens with zero attached hydrogens (tertiary/aromatic N) is 1. The molecule has 1 heterocycles. The van der Waals surface area contributed by atoms with E-state index in [1.54, 1.807) is 29.1 Å². The van der Waals surface area contributed by atoms with Crippen LogP contribution in [-0.2, 0) is 6.54 Å². The zero-order valence-electron chi connectivity index (χ0n) is 37.0. The molecule has 0 aliphatic rings. The molecule has 0 fully saturated rings. The number of hydrogen-bond donors (Lipinski definition) is 0. The van der Waals surface area contributed by atoms with E-state index in [4.69, 9.17) is 0 Å². The highest BCUT2D eigenvalue weighted by Crippen LogP contribution is 2.33. The zero-order valence-corrected chi connectivity index (χ0v) is 37.0. The minimum absolute atomic E-state index is 0.0189. The summed E-state index contributed by atoms with van der Waals surface area (Å²) < 4.78 is 296. The van der Waals surface area contributed by atoms with Gasteiger partial charge in [-0.2, -0.15) is 4.57 Å². The highest BCUT2D eigenvalue weighted by molar-refractivity contribution is 7.20. The summed E-state index contributed by atoms with van der Waals surface area (Å²) in [6, 6.07) is 30.9. The zero-order chi connectivity index (χ0) is 55.6. The predicted molar refractivity (Wildman–Crippen MR) is 232 cm³/mol. The maximum absolute atomic E-state index is 15.4. The lowest BCUT2D eigenvalue weighted by Crippen LogP contribution is -2.81. The van der Waals surface area contributed by atoms with Gasteiger partial charge in [0.2, 0.25) is 12.3 Å². The Kier molecular flexibility index (Phi) is 14.3. The third kappa shape index (κ3) is 8.44. The van der Waals surface area contributed by atoms with Gasteiger partial charge in [-0.15, -0.1) is 21.9 Å². The largest absolute Gasteiger partial charge is 0.289 e. The Morgan fingerprint density at radius 2 is 0.605 bits per heavy atom. The van der Waals surface area contributed by atoms with E-state index in [1.807, 2.05) is 78.9 Å². The number of carbonyl (C=O) groups excluding carboxylic acids is 2. The second-order valence-corrected chi connectivity index (χ2v) is 16.4. The van der Waals surface area contributed by atoms with Crippen molar-refractivity contribution in [3.63, 3.8) is 0 Å². The van der Waals surface area contributed by atoms with Gasteiger partial charge in [0, 0.05) is 28.8 Å². The highest BCUT2D eigenvalue weighted by Gasteiger charge is 2.52. The van der Waals surface area contributed by atoms with Crippen LogP contribution in [0.5, 0.6) is 0 Å². The summed E-state index contributed by atoms with van der Waals surface area (Å²) in [6.45, 7) is 0.232. The highest BCUT2D eigenvalue weighted by atomic mass is 19.2. The first-order valence-electron chi connectivity index (χ1n) is 21.2. The van der Waals surface area contributed by atoms with Crippen molar-refractivity contribution in [1.29, 1.82) is 0 Å². The molecule has 0 unspecified atom stereocenters. The van der Waals surface area contributed by atoms with Crippen molar-refractivity contribution < 1.29 is 102 Å². The Balaban J connectivity index is 0.000000215. The molecule has 0 spiro atoms. The number of benzene rings is 8. The average molecular weight is 1080 g/mol. The van der Waals surface area contributed by atoms with Crippen molar-refractivity contribution in [2.24, 2.45) is 0 Å². The van der Waals surface area contributed by atoms with E-state index in [2.05, 4.69) is 6.07 Å². The summed E-state index contributed by atoms with van der Waals surface area (Å²) >= 11 is 0. The number of carbonyl (C=O) groups is 2. The molecule has 9 rings (SSSR count). The normalized spacial score (nSPS) is 11.6. The topological polar surface area (TPSA) is 38.0 Å². The number of rotatable bonds is 9. The van der Waals surface area contributed by atoms with Crippen molar-refractivity contribution in [2.75, 3.05) is 0 Å². The Hall–Kier alpha value is -8.57. The lowest BCUT2D eigenvalue weighted by atomic mass is 9.12. The van der Waals surface area contributed by atoms with Gasteiger partial charge in [0.1, 0.15) is 52.7 Å². The Morgan fingerprint density at radius 1 is 0.329 bits per heavy atom. The smallest absolute Gasteiger partial charge is 0.227 e. The minimum Gasteiger partial charge on any atom is -0.289 e. The molecule has 0 saturated carbocycles. The van der Waals surface area contributed by atoms with Gasteiger partial charge in [-0.3, -0.25) is 9.59 Å². The van der Waals surface area contributed by atoms with Crippen LogP contribution < -0.4 is 26.4 Å². The molecule has 24 heteroatoms. The molecule has 1 aromatic heterocycles. The van der Waals surface area contributed by atoms with Crippen LogP contribution in [0, 0.1) is 116 Å². The molecule has 3 nitrogen and oxygen atoms in total. The minimum atomic E-state index is -7.22. The van der Waals surface area contributed by atoms with Crippen LogP contribution in [0.1, 0.15) is 26.3 Å². The second-order valence-electron chi connectivity index (χ2n) is 16.4. The summed E-state index contributed by atoms with van der Waals surface area (Å²) in [5.41, 5.74) is -12.3. The molecular weight excluding hydrogens is 1060 g/mol. The lowest BCUT2D eigenvalue weighted by Gasteiger charge is -2.44. The second kappa shape index (κ2) is 20.3. The summed E-state index contributed by atoms with van der Waals surface area (Å²) in [6.07, 6.45) is -3.63. The lowest BCUT2D eigenvalue weighted by molar-refractivity contribution is -0.683. The van der Waals surface area contributed by atoms with E-state index < -0.39 is 144 Å². The SMILES string of the molecule is Fc1c(F)c(F)c([B-](c2c(F)c(F)c(F)c(F)c2F)(c2c(F)c(F)c(F)c(F)c2F)c2c(F)c(F)c(F)c(F)c2F)c(F)c1F.O=C(C[n+]1ccc(C(=O)c2c3ccccc3cc3ccccc23)cc1)c1ccccc1. The molecule has 0 amide bonds. The molecule has 388 valence electrons. The molecule has 0 aliphatic heterocycles. The van der Waals surface area contributed by atoms with Crippen LogP contribution in [-0.4, -0.2) is 17.7 Å². The fourth-order valence-corrected chi connectivity index (χ4v) is 8.87. The number of pyridine rings is 1.